The van der Waals surface area contributed by atoms with Gasteiger partial charge in [-0.3, -0.25) is 14.9 Å². The largest absolute Gasteiger partial charge is 0.297 e. The number of hydrogen-bond donors (Lipinski definition) is 0. The van der Waals surface area contributed by atoms with Crippen LogP contribution in [0.1, 0.15) is 29.7 Å². The Hall–Kier alpha value is -2.07. The van der Waals surface area contributed by atoms with Crippen LogP contribution in [-0.4, -0.2) is 40.7 Å². The Kier molecular flexibility index (Phi) is 4.39. The van der Waals surface area contributed by atoms with E-state index in [2.05, 4.69) is 39.1 Å². The average Bonchev–Trinajstić information content (AvgIpc) is 2.94. The number of rotatable bonds is 6. The van der Waals surface area contributed by atoms with Gasteiger partial charge in [0.2, 0.25) is 0 Å². The highest BCUT2D eigenvalue weighted by molar-refractivity contribution is 5.76. The number of allylic oxidation sites excluding steroid dienone is 1. The van der Waals surface area contributed by atoms with Crippen LogP contribution in [-0.2, 0) is 12.8 Å². The molecule has 1 fully saturated rings. The number of aryl methyl sites for hydroxylation is 1. The van der Waals surface area contributed by atoms with E-state index < -0.39 is 6.17 Å². The topological polar surface area (TPSA) is 29.0 Å². The van der Waals surface area contributed by atoms with Gasteiger partial charge in [-0.15, -0.1) is 0 Å². The van der Waals surface area contributed by atoms with Crippen molar-refractivity contribution in [1.82, 2.24) is 14.9 Å². The first-order valence-corrected chi connectivity index (χ1v) is 8.70. The van der Waals surface area contributed by atoms with E-state index in [1.54, 1.807) is 12.4 Å². The van der Waals surface area contributed by atoms with Gasteiger partial charge in [-0.2, -0.15) is 0 Å². The average molecular weight is 323 g/mol. The van der Waals surface area contributed by atoms with E-state index >= 15 is 0 Å². The van der Waals surface area contributed by atoms with E-state index in [9.17, 15) is 4.39 Å². The van der Waals surface area contributed by atoms with Crippen LogP contribution in [0.15, 0.2) is 48.4 Å². The zero-order valence-corrected chi connectivity index (χ0v) is 13.8. The molecule has 1 aromatic carbocycles. The molecule has 1 saturated heterocycles. The van der Waals surface area contributed by atoms with Crippen molar-refractivity contribution in [3.63, 3.8) is 0 Å². The number of benzene rings is 1. The highest BCUT2D eigenvalue weighted by atomic mass is 19.1. The van der Waals surface area contributed by atoms with E-state index in [0.717, 1.165) is 37.9 Å². The molecule has 1 aliphatic heterocycles. The molecule has 0 spiro atoms. The molecule has 0 amide bonds. The molecule has 0 atom stereocenters. The van der Waals surface area contributed by atoms with Gasteiger partial charge in [-0.1, -0.05) is 29.8 Å². The molecule has 0 N–H and O–H groups in total. The van der Waals surface area contributed by atoms with E-state index in [1.807, 2.05) is 6.20 Å². The number of alkyl halides is 1. The van der Waals surface area contributed by atoms with Crippen LogP contribution < -0.4 is 0 Å². The molecule has 24 heavy (non-hydrogen) atoms. The molecule has 0 bridgehead atoms. The van der Waals surface area contributed by atoms with Gasteiger partial charge in [-0.25, -0.2) is 4.39 Å². The second-order valence-electron chi connectivity index (χ2n) is 6.72. The van der Waals surface area contributed by atoms with E-state index in [1.165, 1.54) is 22.3 Å². The SMILES string of the molecule is FC1CN(CCC2=C(CCc3cnccn3)c3ccccc3C2)C1. The van der Waals surface area contributed by atoms with Crippen molar-refractivity contribution in [2.75, 3.05) is 19.6 Å². The monoisotopic (exact) mass is 323 g/mol. The maximum Gasteiger partial charge on any atom is 0.125 e. The van der Waals surface area contributed by atoms with Crippen LogP contribution >= 0.6 is 0 Å². The van der Waals surface area contributed by atoms with Crippen molar-refractivity contribution in [2.45, 2.75) is 31.9 Å². The Morgan fingerprint density at radius 2 is 1.96 bits per heavy atom. The summed E-state index contributed by atoms with van der Waals surface area (Å²) in [5, 5.41) is 0. The summed E-state index contributed by atoms with van der Waals surface area (Å²) >= 11 is 0. The number of fused-ring (bicyclic) bond motifs is 1. The van der Waals surface area contributed by atoms with Gasteiger partial charge in [0, 0.05) is 38.2 Å². The molecule has 2 aromatic rings. The molecule has 0 unspecified atom stereocenters. The molecule has 2 heterocycles. The molecule has 1 aliphatic carbocycles. The standard InChI is InChI=1S/C20H22FN3/c21-17-13-24(14-17)10-7-16-11-15-3-1-2-4-19(15)20(16)6-5-18-12-22-8-9-23-18/h1-4,8-9,12,17H,5-7,10-11,13-14H2. The third-order valence-electron chi connectivity index (χ3n) is 5.06. The predicted octanol–water partition coefficient (Wildman–Crippen LogP) is 3.46. The van der Waals surface area contributed by atoms with Crippen LogP contribution in [0.3, 0.4) is 0 Å². The van der Waals surface area contributed by atoms with Crippen molar-refractivity contribution in [3.05, 3.63) is 65.2 Å². The van der Waals surface area contributed by atoms with Crippen LogP contribution in [0, 0.1) is 0 Å². The van der Waals surface area contributed by atoms with Gasteiger partial charge < -0.3 is 0 Å². The van der Waals surface area contributed by atoms with E-state index in [-0.39, 0.29) is 0 Å². The van der Waals surface area contributed by atoms with Gasteiger partial charge in [0.05, 0.1) is 5.69 Å². The fourth-order valence-electron chi connectivity index (χ4n) is 3.74. The predicted molar refractivity (Wildman–Crippen MR) is 93.4 cm³/mol. The lowest BCUT2D eigenvalue weighted by Crippen LogP contribution is -2.48. The smallest absolute Gasteiger partial charge is 0.125 e. The lowest BCUT2D eigenvalue weighted by atomic mass is 9.98. The number of likely N-dealkylation sites (tertiary alicyclic amines) is 1. The maximum atomic E-state index is 13.0. The summed E-state index contributed by atoms with van der Waals surface area (Å²) < 4.78 is 13.0. The van der Waals surface area contributed by atoms with Crippen LogP contribution in [0.4, 0.5) is 4.39 Å². The van der Waals surface area contributed by atoms with Gasteiger partial charge in [0.1, 0.15) is 6.17 Å². The Labute approximate surface area is 142 Å². The quantitative estimate of drug-likeness (QED) is 0.815. The molecule has 3 nitrogen and oxygen atoms in total. The second kappa shape index (κ2) is 6.81. The Bertz CT molecular complexity index is 736. The van der Waals surface area contributed by atoms with Crippen molar-refractivity contribution >= 4 is 5.57 Å². The highest BCUT2D eigenvalue weighted by Gasteiger charge is 2.27. The van der Waals surface area contributed by atoms with Gasteiger partial charge in [-0.05, 0) is 42.4 Å². The minimum absolute atomic E-state index is 0.606. The Balaban J connectivity index is 1.48. The lowest BCUT2D eigenvalue weighted by molar-refractivity contribution is 0.0670. The molecular formula is C20H22FN3. The third kappa shape index (κ3) is 3.24. The third-order valence-corrected chi connectivity index (χ3v) is 5.06. The number of hydrogen-bond acceptors (Lipinski definition) is 3. The van der Waals surface area contributed by atoms with Crippen LogP contribution in [0.25, 0.3) is 5.57 Å². The summed E-state index contributed by atoms with van der Waals surface area (Å²) in [6, 6.07) is 8.69. The van der Waals surface area contributed by atoms with E-state index in [4.69, 9.17) is 0 Å². The van der Waals surface area contributed by atoms with E-state index in [0.29, 0.717) is 13.1 Å². The summed E-state index contributed by atoms with van der Waals surface area (Å²) in [6.07, 6.45) is 8.69. The molecule has 1 aromatic heterocycles. The zero-order chi connectivity index (χ0) is 16.4. The summed E-state index contributed by atoms with van der Waals surface area (Å²) in [4.78, 5) is 10.8. The molecule has 2 aliphatic rings. The van der Waals surface area contributed by atoms with Crippen molar-refractivity contribution < 1.29 is 4.39 Å². The minimum Gasteiger partial charge on any atom is -0.297 e. The van der Waals surface area contributed by atoms with Crippen molar-refractivity contribution in [3.8, 4) is 0 Å². The van der Waals surface area contributed by atoms with Crippen molar-refractivity contribution in [2.24, 2.45) is 0 Å². The maximum absolute atomic E-state index is 13.0. The first-order chi connectivity index (χ1) is 11.8. The summed E-state index contributed by atoms with van der Waals surface area (Å²) in [6.45, 7) is 2.18. The molecule has 4 heteroatoms. The summed E-state index contributed by atoms with van der Waals surface area (Å²) in [5.74, 6) is 0. The zero-order valence-electron chi connectivity index (χ0n) is 13.8. The fraction of sp³-hybridized carbons (Fsp3) is 0.400. The lowest BCUT2D eigenvalue weighted by Gasteiger charge is -2.34. The van der Waals surface area contributed by atoms with Crippen LogP contribution in [0.2, 0.25) is 0 Å². The van der Waals surface area contributed by atoms with Gasteiger partial charge in [0.15, 0.2) is 0 Å². The minimum atomic E-state index is -0.615. The van der Waals surface area contributed by atoms with Crippen molar-refractivity contribution in [1.29, 1.82) is 0 Å². The molecule has 0 radical (unpaired) electrons. The van der Waals surface area contributed by atoms with Gasteiger partial charge in [0.25, 0.3) is 0 Å². The molecule has 4 rings (SSSR count). The molecular weight excluding hydrogens is 301 g/mol. The van der Waals surface area contributed by atoms with Gasteiger partial charge >= 0.3 is 0 Å². The first-order valence-electron chi connectivity index (χ1n) is 8.70. The Morgan fingerprint density at radius 3 is 2.75 bits per heavy atom. The van der Waals surface area contributed by atoms with Crippen LogP contribution in [0.5, 0.6) is 0 Å². The fourth-order valence-corrected chi connectivity index (χ4v) is 3.74. The summed E-state index contributed by atoms with van der Waals surface area (Å²) in [7, 11) is 0. The number of nitrogens with zero attached hydrogens (tertiary/aromatic N) is 3. The normalized spacial score (nSPS) is 17.9. The second-order valence-corrected chi connectivity index (χ2v) is 6.72. The highest BCUT2D eigenvalue weighted by Crippen LogP contribution is 2.37. The molecule has 0 saturated carbocycles. The number of aromatic nitrogens is 2. The number of halogens is 1. The summed E-state index contributed by atoms with van der Waals surface area (Å²) in [5.41, 5.74) is 6.84. The molecule has 124 valence electrons. The Morgan fingerprint density at radius 1 is 1.08 bits per heavy atom. The first kappa shape index (κ1) is 15.5.